The smallest absolute Gasteiger partial charge is 0.319 e. The second-order valence-electron chi connectivity index (χ2n) is 5.11. The molecule has 0 heterocycles. The van der Waals surface area contributed by atoms with Crippen LogP contribution in [-0.4, -0.2) is 42.2 Å². The van der Waals surface area contributed by atoms with Gasteiger partial charge in [-0.2, -0.15) is 0 Å². The van der Waals surface area contributed by atoms with Crippen molar-refractivity contribution in [3.05, 3.63) is 29.8 Å². The van der Waals surface area contributed by atoms with Gasteiger partial charge in [0.2, 0.25) is 0 Å². The quantitative estimate of drug-likeness (QED) is 0.690. The second-order valence-corrected chi connectivity index (χ2v) is 5.11. The van der Waals surface area contributed by atoms with Crippen LogP contribution in [0.15, 0.2) is 24.3 Å². The van der Waals surface area contributed by atoms with Crippen molar-refractivity contribution in [3.8, 4) is 0 Å². The highest BCUT2D eigenvalue weighted by molar-refractivity contribution is 5.89. The van der Waals surface area contributed by atoms with E-state index >= 15 is 0 Å². The van der Waals surface area contributed by atoms with Crippen LogP contribution in [0.1, 0.15) is 38.9 Å². The Kier molecular flexibility index (Phi) is 7.79. The minimum atomic E-state index is -0.494. The summed E-state index contributed by atoms with van der Waals surface area (Å²) in [6.45, 7) is 9.53. The number of nitrogens with zero attached hydrogens (tertiary/aromatic N) is 1. The van der Waals surface area contributed by atoms with Crippen molar-refractivity contribution >= 4 is 11.7 Å². The fourth-order valence-electron chi connectivity index (χ4n) is 2.09. The van der Waals surface area contributed by atoms with Crippen molar-refractivity contribution in [2.75, 3.05) is 31.5 Å². The topological polar surface area (TPSA) is 64.6 Å². The van der Waals surface area contributed by atoms with E-state index in [9.17, 15) is 9.90 Å². The Morgan fingerprint density at radius 2 is 1.90 bits per heavy atom. The van der Waals surface area contributed by atoms with Crippen molar-refractivity contribution in [1.29, 1.82) is 0 Å². The molecule has 1 aromatic carbocycles. The van der Waals surface area contributed by atoms with E-state index < -0.39 is 6.10 Å². The molecule has 0 aliphatic heterocycles. The molecule has 21 heavy (non-hydrogen) atoms. The van der Waals surface area contributed by atoms with Crippen LogP contribution in [0.2, 0.25) is 0 Å². The second kappa shape index (κ2) is 9.37. The van der Waals surface area contributed by atoms with Gasteiger partial charge in [0.15, 0.2) is 0 Å². The van der Waals surface area contributed by atoms with Gasteiger partial charge in [0, 0.05) is 18.8 Å². The van der Waals surface area contributed by atoms with Crippen LogP contribution in [0.5, 0.6) is 0 Å². The van der Waals surface area contributed by atoms with Gasteiger partial charge in [0.1, 0.15) is 0 Å². The molecule has 1 atom stereocenters. The zero-order valence-corrected chi connectivity index (χ0v) is 13.2. The van der Waals surface area contributed by atoms with Crippen LogP contribution >= 0.6 is 0 Å². The monoisotopic (exact) mass is 293 g/mol. The summed E-state index contributed by atoms with van der Waals surface area (Å²) < 4.78 is 0. The predicted octanol–water partition coefficient (Wildman–Crippen LogP) is 2.59. The number of anilines is 1. The van der Waals surface area contributed by atoms with E-state index in [4.69, 9.17) is 0 Å². The zero-order valence-electron chi connectivity index (χ0n) is 13.2. The number of aliphatic hydroxyl groups excluding tert-OH is 1. The molecule has 0 aromatic heterocycles. The highest BCUT2D eigenvalue weighted by Crippen LogP contribution is 2.15. The molecule has 1 rings (SSSR count). The average molecular weight is 293 g/mol. The first-order valence-corrected chi connectivity index (χ1v) is 7.62. The molecule has 0 aliphatic carbocycles. The fraction of sp³-hybridized carbons (Fsp3) is 0.562. The molecule has 0 saturated carbocycles. The van der Waals surface area contributed by atoms with E-state index in [1.54, 1.807) is 31.2 Å². The molecule has 2 amide bonds. The van der Waals surface area contributed by atoms with E-state index in [0.717, 1.165) is 37.3 Å². The first-order valence-electron chi connectivity index (χ1n) is 7.62. The lowest BCUT2D eigenvalue weighted by Gasteiger charge is -2.19. The van der Waals surface area contributed by atoms with Gasteiger partial charge in [0.25, 0.3) is 0 Å². The summed E-state index contributed by atoms with van der Waals surface area (Å²) in [6, 6.07) is 6.99. The predicted molar refractivity (Wildman–Crippen MR) is 86.5 cm³/mol. The van der Waals surface area contributed by atoms with Crippen LogP contribution in [0, 0.1) is 0 Å². The standard InChI is InChI=1S/C16H27N3O2/c1-4-11-19(5-2)12-10-17-16(21)18-15-8-6-14(7-9-15)13(3)20/h6-9,13,20H,4-5,10-12H2,1-3H3,(H2,17,18,21). The van der Waals surface area contributed by atoms with Crippen molar-refractivity contribution < 1.29 is 9.90 Å². The summed E-state index contributed by atoms with van der Waals surface area (Å²) in [5.41, 5.74) is 1.55. The molecule has 0 radical (unpaired) electrons. The first kappa shape index (κ1) is 17.5. The maximum absolute atomic E-state index is 11.8. The number of hydrogen-bond acceptors (Lipinski definition) is 3. The molecule has 5 nitrogen and oxygen atoms in total. The average Bonchev–Trinajstić information content (AvgIpc) is 2.46. The molecular formula is C16H27N3O2. The van der Waals surface area contributed by atoms with Gasteiger partial charge in [-0.15, -0.1) is 0 Å². The van der Waals surface area contributed by atoms with Crippen molar-refractivity contribution in [2.45, 2.75) is 33.3 Å². The van der Waals surface area contributed by atoms with Gasteiger partial charge in [-0.1, -0.05) is 26.0 Å². The third-order valence-electron chi connectivity index (χ3n) is 3.35. The van der Waals surface area contributed by atoms with Gasteiger partial charge in [-0.05, 0) is 44.1 Å². The van der Waals surface area contributed by atoms with Gasteiger partial charge in [0.05, 0.1) is 6.10 Å². The number of likely N-dealkylation sites (N-methyl/N-ethyl adjacent to an activating group) is 1. The Morgan fingerprint density at radius 1 is 1.24 bits per heavy atom. The minimum Gasteiger partial charge on any atom is -0.389 e. The summed E-state index contributed by atoms with van der Waals surface area (Å²) >= 11 is 0. The molecule has 0 saturated heterocycles. The largest absolute Gasteiger partial charge is 0.389 e. The molecule has 118 valence electrons. The van der Waals surface area contributed by atoms with E-state index in [1.165, 1.54) is 0 Å². The summed E-state index contributed by atoms with van der Waals surface area (Å²) in [7, 11) is 0. The fourth-order valence-corrected chi connectivity index (χ4v) is 2.09. The lowest BCUT2D eigenvalue weighted by molar-refractivity contribution is 0.199. The van der Waals surface area contributed by atoms with Crippen molar-refractivity contribution in [3.63, 3.8) is 0 Å². The third-order valence-corrected chi connectivity index (χ3v) is 3.35. The lowest BCUT2D eigenvalue weighted by atomic mass is 10.1. The molecule has 0 aliphatic rings. The Balaban J connectivity index is 2.33. The van der Waals surface area contributed by atoms with Crippen LogP contribution in [0.4, 0.5) is 10.5 Å². The van der Waals surface area contributed by atoms with Crippen LogP contribution < -0.4 is 10.6 Å². The van der Waals surface area contributed by atoms with Crippen LogP contribution in [0.25, 0.3) is 0 Å². The van der Waals surface area contributed by atoms with E-state index in [-0.39, 0.29) is 6.03 Å². The summed E-state index contributed by atoms with van der Waals surface area (Å²) in [4.78, 5) is 14.1. The molecule has 3 N–H and O–H groups in total. The highest BCUT2D eigenvalue weighted by Gasteiger charge is 2.05. The van der Waals surface area contributed by atoms with E-state index in [1.807, 2.05) is 0 Å². The van der Waals surface area contributed by atoms with Gasteiger partial charge < -0.3 is 20.6 Å². The maximum Gasteiger partial charge on any atom is 0.319 e. The van der Waals surface area contributed by atoms with E-state index in [2.05, 4.69) is 29.4 Å². The number of urea groups is 1. The Bertz CT molecular complexity index is 418. The third kappa shape index (κ3) is 6.60. The van der Waals surface area contributed by atoms with Gasteiger partial charge >= 0.3 is 6.03 Å². The Hall–Kier alpha value is -1.59. The lowest BCUT2D eigenvalue weighted by Crippen LogP contribution is -2.37. The van der Waals surface area contributed by atoms with Gasteiger partial charge in [-0.25, -0.2) is 4.79 Å². The number of carbonyl (C=O) groups is 1. The number of hydrogen-bond donors (Lipinski definition) is 3. The van der Waals surface area contributed by atoms with Crippen LogP contribution in [0.3, 0.4) is 0 Å². The number of nitrogens with one attached hydrogen (secondary N) is 2. The van der Waals surface area contributed by atoms with Gasteiger partial charge in [-0.3, -0.25) is 0 Å². The SMILES string of the molecule is CCCN(CC)CCNC(=O)Nc1ccc(C(C)O)cc1. The Labute approximate surface area is 127 Å². The molecule has 0 fully saturated rings. The number of aliphatic hydroxyl groups is 1. The number of amides is 2. The minimum absolute atomic E-state index is 0.202. The summed E-state index contributed by atoms with van der Waals surface area (Å²) in [6.07, 6.45) is 0.627. The number of rotatable bonds is 8. The van der Waals surface area contributed by atoms with Crippen molar-refractivity contribution in [2.24, 2.45) is 0 Å². The molecule has 1 aromatic rings. The number of benzene rings is 1. The normalized spacial score (nSPS) is 12.2. The first-order chi connectivity index (χ1) is 10.1. The molecule has 5 heteroatoms. The Morgan fingerprint density at radius 3 is 2.43 bits per heavy atom. The molecule has 0 bridgehead atoms. The van der Waals surface area contributed by atoms with Crippen LogP contribution in [-0.2, 0) is 0 Å². The van der Waals surface area contributed by atoms with E-state index in [0.29, 0.717) is 6.54 Å². The molecule has 1 unspecified atom stereocenters. The molecular weight excluding hydrogens is 266 g/mol. The summed E-state index contributed by atoms with van der Waals surface area (Å²) in [5.74, 6) is 0. The zero-order chi connectivity index (χ0) is 15.7. The highest BCUT2D eigenvalue weighted by atomic mass is 16.3. The molecule has 0 spiro atoms. The maximum atomic E-state index is 11.8. The summed E-state index contributed by atoms with van der Waals surface area (Å²) in [5, 5.41) is 15.1. The van der Waals surface area contributed by atoms with Crippen molar-refractivity contribution in [1.82, 2.24) is 10.2 Å². The number of carbonyl (C=O) groups excluding carboxylic acids is 1.